The van der Waals surface area contributed by atoms with Gasteiger partial charge in [0, 0.05) is 16.6 Å². The molecule has 22 heavy (non-hydrogen) atoms. The molecule has 4 heteroatoms. The summed E-state index contributed by atoms with van der Waals surface area (Å²) in [5, 5.41) is 0. The molecule has 3 rings (SSSR count). The largest absolute Gasteiger partial charge is 0.497 e. The number of carbonyl (C=O) groups is 1. The van der Waals surface area contributed by atoms with Gasteiger partial charge in [-0.1, -0.05) is 28.1 Å². The number of hydrogen-bond acceptors (Lipinski definition) is 2. The summed E-state index contributed by atoms with van der Waals surface area (Å²) in [4.78, 5) is 14.7. The number of amides is 1. The summed E-state index contributed by atoms with van der Waals surface area (Å²) < 4.78 is 6.24. The van der Waals surface area contributed by atoms with Crippen molar-refractivity contribution >= 4 is 21.8 Å². The van der Waals surface area contributed by atoms with Gasteiger partial charge in [0.25, 0.3) is 5.91 Å². The summed E-state index contributed by atoms with van der Waals surface area (Å²) in [5.41, 5.74) is 3.19. The van der Waals surface area contributed by atoms with E-state index in [1.54, 1.807) is 7.11 Å². The standard InChI is InChI=1S/C18H18BrNO2/c1-12-17-11-16(22-2)7-6-13(17)8-9-20(12)18(21)14-4-3-5-15(19)10-14/h3-7,10-12H,8-9H2,1-2H3. The van der Waals surface area contributed by atoms with Gasteiger partial charge >= 0.3 is 0 Å². The van der Waals surface area contributed by atoms with Gasteiger partial charge in [-0.05, 0) is 54.8 Å². The number of fused-ring (bicyclic) bond motifs is 1. The van der Waals surface area contributed by atoms with Crippen LogP contribution in [0.1, 0.15) is 34.5 Å². The molecule has 3 nitrogen and oxygen atoms in total. The summed E-state index contributed by atoms with van der Waals surface area (Å²) in [7, 11) is 1.67. The molecule has 0 bridgehead atoms. The third-order valence-electron chi connectivity index (χ3n) is 4.23. The van der Waals surface area contributed by atoms with Gasteiger partial charge < -0.3 is 9.64 Å². The molecule has 0 saturated carbocycles. The smallest absolute Gasteiger partial charge is 0.254 e. The van der Waals surface area contributed by atoms with Gasteiger partial charge in [-0.25, -0.2) is 0 Å². The molecule has 0 radical (unpaired) electrons. The topological polar surface area (TPSA) is 29.5 Å². The highest BCUT2D eigenvalue weighted by Crippen LogP contribution is 2.33. The molecule has 0 N–H and O–H groups in total. The van der Waals surface area contributed by atoms with E-state index < -0.39 is 0 Å². The molecule has 1 aliphatic heterocycles. The second-order valence-electron chi connectivity index (χ2n) is 5.50. The maximum absolute atomic E-state index is 12.8. The molecule has 0 aromatic heterocycles. The number of halogens is 1. The van der Waals surface area contributed by atoms with E-state index in [0.717, 1.165) is 23.2 Å². The summed E-state index contributed by atoms with van der Waals surface area (Å²) in [5.74, 6) is 0.907. The molecule has 0 aliphatic carbocycles. The highest BCUT2D eigenvalue weighted by molar-refractivity contribution is 9.10. The number of benzene rings is 2. The maximum Gasteiger partial charge on any atom is 0.254 e. The van der Waals surface area contributed by atoms with Crippen LogP contribution in [0.15, 0.2) is 46.9 Å². The van der Waals surface area contributed by atoms with Crippen LogP contribution in [0.3, 0.4) is 0 Å². The lowest BCUT2D eigenvalue weighted by atomic mass is 9.92. The van der Waals surface area contributed by atoms with Crippen molar-refractivity contribution in [2.45, 2.75) is 19.4 Å². The highest BCUT2D eigenvalue weighted by atomic mass is 79.9. The molecule has 1 amide bonds. The minimum Gasteiger partial charge on any atom is -0.497 e. The van der Waals surface area contributed by atoms with Crippen LogP contribution in [-0.2, 0) is 6.42 Å². The minimum atomic E-state index is 0.0466. The van der Waals surface area contributed by atoms with Gasteiger partial charge in [0.1, 0.15) is 5.75 Å². The molecule has 0 spiro atoms. The number of carbonyl (C=O) groups excluding carboxylic acids is 1. The molecule has 1 heterocycles. The maximum atomic E-state index is 12.8. The van der Waals surface area contributed by atoms with E-state index in [-0.39, 0.29) is 11.9 Å². The van der Waals surface area contributed by atoms with Crippen LogP contribution >= 0.6 is 15.9 Å². The van der Waals surface area contributed by atoms with Crippen molar-refractivity contribution in [1.29, 1.82) is 0 Å². The van der Waals surface area contributed by atoms with E-state index in [0.29, 0.717) is 5.56 Å². The first-order valence-corrected chi connectivity index (χ1v) is 8.13. The number of hydrogen-bond donors (Lipinski definition) is 0. The third kappa shape index (κ3) is 2.75. The van der Waals surface area contributed by atoms with Crippen LogP contribution in [0.5, 0.6) is 5.75 Å². The molecule has 0 fully saturated rings. The van der Waals surface area contributed by atoms with Gasteiger partial charge in [-0.15, -0.1) is 0 Å². The second kappa shape index (κ2) is 6.13. The lowest BCUT2D eigenvalue weighted by molar-refractivity contribution is 0.0677. The predicted octanol–water partition coefficient (Wildman–Crippen LogP) is 4.22. The van der Waals surface area contributed by atoms with Crippen molar-refractivity contribution in [1.82, 2.24) is 4.90 Å². The monoisotopic (exact) mass is 359 g/mol. The van der Waals surface area contributed by atoms with Crippen LogP contribution in [-0.4, -0.2) is 24.5 Å². The van der Waals surface area contributed by atoms with E-state index in [4.69, 9.17) is 4.74 Å². The van der Waals surface area contributed by atoms with Crippen LogP contribution in [0, 0.1) is 0 Å². The number of methoxy groups -OCH3 is 1. The van der Waals surface area contributed by atoms with Crippen LogP contribution in [0.4, 0.5) is 0 Å². The average molecular weight is 360 g/mol. The van der Waals surface area contributed by atoms with Gasteiger partial charge in [0.2, 0.25) is 0 Å². The summed E-state index contributed by atoms with van der Waals surface area (Å²) in [6, 6.07) is 13.7. The van der Waals surface area contributed by atoms with Gasteiger partial charge in [0.05, 0.1) is 13.2 Å². The zero-order valence-electron chi connectivity index (χ0n) is 12.7. The molecule has 1 unspecified atom stereocenters. The molecule has 1 atom stereocenters. The lowest BCUT2D eigenvalue weighted by Crippen LogP contribution is -2.38. The van der Waals surface area contributed by atoms with E-state index in [9.17, 15) is 4.79 Å². The minimum absolute atomic E-state index is 0.0466. The summed E-state index contributed by atoms with van der Waals surface area (Å²) >= 11 is 3.43. The molecule has 2 aromatic rings. The van der Waals surface area contributed by atoms with E-state index in [2.05, 4.69) is 28.9 Å². The number of rotatable bonds is 2. The van der Waals surface area contributed by atoms with Crippen molar-refractivity contribution in [3.63, 3.8) is 0 Å². The van der Waals surface area contributed by atoms with Crippen LogP contribution in [0.2, 0.25) is 0 Å². The Morgan fingerprint density at radius 3 is 2.82 bits per heavy atom. The van der Waals surface area contributed by atoms with E-state index in [1.807, 2.05) is 41.3 Å². The highest BCUT2D eigenvalue weighted by Gasteiger charge is 2.28. The van der Waals surface area contributed by atoms with Crippen LogP contribution < -0.4 is 4.74 Å². The second-order valence-corrected chi connectivity index (χ2v) is 6.42. The van der Waals surface area contributed by atoms with Crippen molar-refractivity contribution in [2.75, 3.05) is 13.7 Å². The Balaban J connectivity index is 1.91. The first-order chi connectivity index (χ1) is 10.6. The summed E-state index contributed by atoms with van der Waals surface area (Å²) in [6.07, 6.45) is 0.878. The Bertz CT molecular complexity index is 714. The fourth-order valence-electron chi connectivity index (χ4n) is 2.98. The fraction of sp³-hybridized carbons (Fsp3) is 0.278. The Morgan fingerprint density at radius 1 is 1.27 bits per heavy atom. The van der Waals surface area contributed by atoms with Crippen molar-refractivity contribution in [3.05, 3.63) is 63.6 Å². The van der Waals surface area contributed by atoms with Crippen molar-refractivity contribution in [2.24, 2.45) is 0 Å². The zero-order chi connectivity index (χ0) is 15.7. The van der Waals surface area contributed by atoms with Gasteiger partial charge in [-0.3, -0.25) is 4.79 Å². The first-order valence-electron chi connectivity index (χ1n) is 7.33. The van der Waals surface area contributed by atoms with Gasteiger partial charge in [-0.2, -0.15) is 0 Å². The SMILES string of the molecule is COc1ccc2c(c1)C(C)N(C(=O)c1cccc(Br)c1)CC2. The Hall–Kier alpha value is -1.81. The van der Waals surface area contributed by atoms with Crippen LogP contribution in [0.25, 0.3) is 0 Å². The number of nitrogens with zero attached hydrogens (tertiary/aromatic N) is 1. The molecule has 1 aliphatic rings. The van der Waals surface area contributed by atoms with E-state index >= 15 is 0 Å². The third-order valence-corrected chi connectivity index (χ3v) is 4.72. The van der Waals surface area contributed by atoms with E-state index in [1.165, 1.54) is 11.1 Å². The zero-order valence-corrected chi connectivity index (χ0v) is 14.3. The van der Waals surface area contributed by atoms with Gasteiger partial charge in [0.15, 0.2) is 0 Å². The lowest BCUT2D eigenvalue weighted by Gasteiger charge is -2.35. The molecular weight excluding hydrogens is 342 g/mol. The predicted molar refractivity (Wildman–Crippen MR) is 90.3 cm³/mol. The molecule has 114 valence electrons. The normalized spacial score (nSPS) is 17.0. The fourth-order valence-corrected chi connectivity index (χ4v) is 3.38. The summed E-state index contributed by atoms with van der Waals surface area (Å²) in [6.45, 7) is 2.82. The van der Waals surface area contributed by atoms with Crippen molar-refractivity contribution < 1.29 is 9.53 Å². The molecular formula is C18H18BrNO2. The Kier molecular flexibility index (Phi) is 4.21. The first kappa shape index (κ1) is 15.1. The molecule has 2 aromatic carbocycles. The Morgan fingerprint density at radius 2 is 2.09 bits per heavy atom. The average Bonchev–Trinajstić information content (AvgIpc) is 2.54. The molecule has 0 saturated heterocycles. The number of ether oxygens (including phenoxy) is 1. The Labute approximate surface area is 139 Å². The van der Waals surface area contributed by atoms with Crippen molar-refractivity contribution in [3.8, 4) is 5.75 Å². The quantitative estimate of drug-likeness (QED) is 0.803.